The van der Waals surface area contributed by atoms with Crippen molar-refractivity contribution in [3.63, 3.8) is 0 Å². The smallest absolute Gasteiger partial charge is 0.0239 e. The summed E-state index contributed by atoms with van der Waals surface area (Å²) in [5.74, 6) is 0. The molecule has 17 heavy (non-hydrogen) atoms. The average molecular weight is 231 g/mol. The number of nitrogens with zero attached hydrogens (tertiary/aromatic N) is 1. The Morgan fingerprint density at radius 3 is 2.53 bits per heavy atom. The Morgan fingerprint density at radius 2 is 1.82 bits per heavy atom. The van der Waals surface area contributed by atoms with Crippen molar-refractivity contribution in [3.8, 4) is 0 Å². The van der Waals surface area contributed by atoms with E-state index in [1.54, 1.807) is 0 Å². The molecule has 0 N–H and O–H groups in total. The lowest BCUT2D eigenvalue weighted by Gasteiger charge is -2.34. The van der Waals surface area contributed by atoms with E-state index in [2.05, 4.69) is 49.1 Å². The Balaban J connectivity index is 2.09. The highest BCUT2D eigenvalue weighted by Gasteiger charge is 2.24. The van der Waals surface area contributed by atoms with Crippen LogP contribution in [0, 0.1) is 0 Å². The van der Waals surface area contributed by atoms with E-state index in [1.165, 1.54) is 37.7 Å². The van der Waals surface area contributed by atoms with E-state index in [4.69, 9.17) is 0 Å². The van der Waals surface area contributed by atoms with Gasteiger partial charge in [-0.1, -0.05) is 50.1 Å². The van der Waals surface area contributed by atoms with Gasteiger partial charge in [0.15, 0.2) is 0 Å². The van der Waals surface area contributed by atoms with Gasteiger partial charge in [0.25, 0.3) is 0 Å². The van der Waals surface area contributed by atoms with Gasteiger partial charge < -0.3 is 0 Å². The fraction of sp³-hybridized carbons (Fsp3) is 0.625. The molecule has 1 aromatic carbocycles. The van der Waals surface area contributed by atoms with Gasteiger partial charge in [0.05, 0.1) is 0 Å². The highest BCUT2D eigenvalue weighted by atomic mass is 15.2. The van der Waals surface area contributed by atoms with E-state index in [0.29, 0.717) is 0 Å². The molecule has 0 amide bonds. The molecule has 2 atom stereocenters. The molecule has 0 saturated carbocycles. The molecule has 1 heterocycles. The van der Waals surface area contributed by atoms with Crippen molar-refractivity contribution >= 4 is 0 Å². The van der Waals surface area contributed by atoms with Crippen LogP contribution < -0.4 is 0 Å². The standard InChI is InChI=1S/C16H25N/c1-3-16-12-8-7-9-14(2)17(16)13-15-10-5-4-6-11-15/h4-6,10-11,14,16H,3,7-9,12-13H2,1-2H3. The first-order valence-corrected chi connectivity index (χ1v) is 7.11. The third-order valence-electron chi connectivity index (χ3n) is 4.12. The molecule has 1 aliphatic rings. The largest absolute Gasteiger partial charge is 0.293 e. The lowest BCUT2D eigenvalue weighted by Crippen LogP contribution is -2.39. The first-order valence-electron chi connectivity index (χ1n) is 7.11. The molecule has 1 fully saturated rings. The van der Waals surface area contributed by atoms with Crippen LogP contribution in [0.2, 0.25) is 0 Å². The summed E-state index contributed by atoms with van der Waals surface area (Å²) in [6, 6.07) is 12.4. The molecule has 0 bridgehead atoms. The van der Waals surface area contributed by atoms with Gasteiger partial charge in [-0.25, -0.2) is 0 Å². The van der Waals surface area contributed by atoms with Gasteiger partial charge in [0.1, 0.15) is 0 Å². The highest BCUT2D eigenvalue weighted by Crippen LogP contribution is 2.25. The van der Waals surface area contributed by atoms with E-state index in [1.807, 2.05) is 0 Å². The van der Waals surface area contributed by atoms with Crippen molar-refractivity contribution in [2.24, 2.45) is 0 Å². The maximum atomic E-state index is 2.72. The summed E-state index contributed by atoms with van der Waals surface area (Å²) in [4.78, 5) is 2.72. The van der Waals surface area contributed by atoms with Crippen LogP contribution in [-0.4, -0.2) is 17.0 Å². The molecule has 0 radical (unpaired) electrons. The lowest BCUT2D eigenvalue weighted by molar-refractivity contribution is 0.132. The number of rotatable bonds is 3. The summed E-state index contributed by atoms with van der Waals surface area (Å²) in [7, 11) is 0. The average Bonchev–Trinajstić information content (AvgIpc) is 2.54. The Kier molecular flexibility index (Phi) is 4.61. The van der Waals surface area contributed by atoms with Gasteiger partial charge in [-0.3, -0.25) is 4.90 Å². The summed E-state index contributed by atoms with van der Waals surface area (Å²) < 4.78 is 0. The molecule has 1 heteroatoms. The van der Waals surface area contributed by atoms with Crippen LogP contribution in [0.3, 0.4) is 0 Å². The summed E-state index contributed by atoms with van der Waals surface area (Å²) >= 11 is 0. The molecule has 94 valence electrons. The Hall–Kier alpha value is -0.820. The molecule has 1 aliphatic heterocycles. The number of likely N-dealkylation sites (tertiary alicyclic amines) is 1. The van der Waals surface area contributed by atoms with Crippen molar-refractivity contribution in [2.45, 2.75) is 64.6 Å². The molecule has 0 aliphatic carbocycles. The molecule has 1 aromatic rings. The van der Waals surface area contributed by atoms with E-state index in [9.17, 15) is 0 Å². The third-order valence-corrected chi connectivity index (χ3v) is 4.12. The molecule has 1 saturated heterocycles. The normalized spacial score (nSPS) is 26.7. The molecule has 2 unspecified atom stereocenters. The molecule has 1 nitrogen and oxygen atoms in total. The minimum absolute atomic E-state index is 0.739. The van der Waals surface area contributed by atoms with Crippen molar-refractivity contribution in [2.75, 3.05) is 0 Å². The molecular formula is C16H25N. The fourth-order valence-corrected chi connectivity index (χ4v) is 3.03. The summed E-state index contributed by atoms with van der Waals surface area (Å²) in [6.45, 7) is 5.86. The minimum atomic E-state index is 0.739. The summed E-state index contributed by atoms with van der Waals surface area (Å²) in [5, 5.41) is 0. The van der Waals surface area contributed by atoms with Crippen LogP contribution in [0.1, 0.15) is 51.5 Å². The Labute approximate surface area is 106 Å². The predicted molar refractivity (Wildman–Crippen MR) is 74.0 cm³/mol. The fourth-order valence-electron chi connectivity index (χ4n) is 3.03. The maximum absolute atomic E-state index is 2.72. The predicted octanol–water partition coefficient (Wildman–Crippen LogP) is 4.23. The van der Waals surface area contributed by atoms with Crippen LogP contribution in [0.25, 0.3) is 0 Å². The van der Waals surface area contributed by atoms with E-state index in [0.717, 1.165) is 18.6 Å². The second-order valence-corrected chi connectivity index (χ2v) is 5.35. The number of hydrogen-bond acceptors (Lipinski definition) is 1. The van der Waals surface area contributed by atoms with Gasteiger partial charge in [-0.2, -0.15) is 0 Å². The quantitative estimate of drug-likeness (QED) is 0.752. The SMILES string of the molecule is CCC1CCCCC(C)N1Cc1ccccc1. The highest BCUT2D eigenvalue weighted by molar-refractivity contribution is 5.14. The third kappa shape index (κ3) is 3.32. The van der Waals surface area contributed by atoms with E-state index in [-0.39, 0.29) is 0 Å². The van der Waals surface area contributed by atoms with Gasteiger partial charge in [-0.15, -0.1) is 0 Å². The van der Waals surface area contributed by atoms with Crippen LogP contribution in [-0.2, 0) is 6.54 Å². The van der Waals surface area contributed by atoms with Crippen LogP contribution >= 0.6 is 0 Å². The van der Waals surface area contributed by atoms with Crippen molar-refractivity contribution in [3.05, 3.63) is 35.9 Å². The van der Waals surface area contributed by atoms with E-state index < -0.39 is 0 Å². The molecule has 0 spiro atoms. The van der Waals surface area contributed by atoms with Gasteiger partial charge in [0, 0.05) is 18.6 Å². The number of hydrogen-bond donors (Lipinski definition) is 0. The molecule has 0 aromatic heterocycles. The summed E-state index contributed by atoms with van der Waals surface area (Å²) in [6.07, 6.45) is 6.85. The lowest BCUT2D eigenvalue weighted by atomic mass is 10.1. The minimum Gasteiger partial charge on any atom is -0.293 e. The van der Waals surface area contributed by atoms with Gasteiger partial charge in [0.2, 0.25) is 0 Å². The Morgan fingerprint density at radius 1 is 1.12 bits per heavy atom. The monoisotopic (exact) mass is 231 g/mol. The van der Waals surface area contributed by atoms with Crippen molar-refractivity contribution in [1.82, 2.24) is 4.90 Å². The van der Waals surface area contributed by atoms with E-state index >= 15 is 0 Å². The Bertz CT molecular complexity index is 320. The molecular weight excluding hydrogens is 206 g/mol. The van der Waals surface area contributed by atoms with Crippen molar-refractivity contribution in [1.29, 1.82) is 0 Å². The zero-order chi connectivity index (χ0) is 12.1. The van der Waals surface area contributed by atoms with Crippen LogP contribution in [0.15, 0.2) is 30.3 Å². The van der Waals surface area contributed by atoms with Crippen molar-refractivity contribution < 1.29 is 0 Å². The van der Waals surface area contributed by atoms with Gasteiger partial charge in [-0.05, 0) is 31.7 Å². The second kappa shape index (κ2) is 6.20. The zero-order valence-corrected chi connectivity index (χ0v) is 11.2. The molecule has 2 rings (SSSR count). The first-order chi connectivity index (χ1) is 8.31. The maximum Gasteiger partial charge on any atom is 0.0239 e. The first kappa shape index (κ1) is 12.6. The van der Waals surface area contributed by atoms with Crippen LogP contribution in [0.5, 0.6) is 0 Å². The van der Waals surface area contributed by atoms with Gasteiger partial charge >= 0.3 is 0 Å². The topological polar surface area (TPSA) is 3.24 Å². The number of benzene rings is 1. The van der Waals surface area contributed by atoms with Crippen LogP contribution in [0.4, 0.5) is 0 Å². The zero-order valence-electron chi connectivity index (χ0n) is 11.2. The second-order valence-electron chi connectivity index (χ2n) is 5.35. The summed E-state index contributed by atoms with van der Waals surface area (Å²) in [5.41, 5.74) is 1.46.